The fourth-order valence-corrected chi connectivity index (χ4v) is 1.63. The topological polar surface area (TPSA) is 30.5 Å². The molecule has 0 aliphatic rings. The zero-order valence-corrected chi connectivity index (χ0v) is 12.1. The van der Waals surface area contributed by atoms with E-state index in [1.54, 1.807) is 7.11 Å². The van der Waals surface area contributed by atoms with Gasteiger partial charge in [-0.05, 0) is 33.9 Å². The predicted octanol–water partition coefficient (Wildman–Crippen LogP) is 3.16. The zero-order chi connectivity index (χ0) is 13.6. The minimum atomic E-state index is -0.135. The molecule has 0 heterocycles. The van der Waals surface area contributed by atoms with Crippen molar-refractivity contribution in [3.63, 3.8) is 0 Å². The highest BCUT2D eigenvalue weighted by molar-refractivity contribution is 5.35. The third-order valence-corrected chi connectivity index (χ3v) is 3.33. The number of hydrogen-bond acceptors (Lipinski definition) is 3. The van der Waals surface area contributed by atoms with Crippen LogP contribution in [0, 0.1) is 0 Å². The highest BCUT2D eigenvalue weighted by Gasteiger charge is 2.17. The van der Waals surface area contributed by atoms with Gasteiger partial charge in [-0.1, -0.05) is 18.2 Å². The zero-order valence-electron chi connectivity index (χ0n) is 12.1. The van der Waals surface area contributed by atoms with Gasteiger partial charge in [0.15, 0.2) is 0 Å². The number of benzene rings is 1. The van der Waals surface area contributed by atoms with Crippen LogP contribution < -0.4 is 10.1 Å². The number of ether oxygens (including phenoxy) is 2. The molecular weight excluding hydrogens is 226 g/mol. The molecule has 0 fully saturated rings. The third-order valence-electron chi connectivity index (χ3n) is 3.33. The average Bonchev–Trinajstić information content (AvgIpc) is 2.38. The summed E-state index contributed by atoms with van der Waals surface area (Å²) in [5.41, 5.74) is 1.05. The summed E-state index contributed by atoms with van der Waals surface area (Å²) in [6, 6.07) is 8.44. The van der Waals surface area contributed by atoms with Gasteiger partial charge >= 0.3 is 0 Å². The molecule has 0 aromatic heterocycles. The highest BCUT2D eigenvalue weighted by Crippen LogP contribution is 2.25. The van der Waals surface area contributed by atoms with Crippen molar-refractivity contribution in [3.8, 4) is 5.75 Å². The molecule has 0 spiro atoms. The fourth-order valence-electron chi connectivity index (χ4n) is 1.63. The number of hydrogen-bond donors (Lipinski definition) is 1. The van der Waals surface area contributed by atoms with Crippen molar-refractivity contribution < 1.29 is 9.47 Å². The van der Waals surface area contributed by atoms with Crippen LogP contribution in [0.15, 0.2) is 24.3 Å². The average molecular weight is 251 g/mol. The summed E-state index contributed by atoms with van der Waals surface area (Å²) in [6.45, 7) is 6.92. The van der Waals surface area contributed by atoms with Crippen molar-refractivity contribution in [2.24, 2.45) is 0 Å². The maximum absolute atomic E-state index is 5.88. The van der Waals surface area contributed by atoms with E-state index in [1.165, 1.54) is 5.56 Å². The third kappa shape index (κ3) is 4.31. The van der Waals surface area contributed by atoms with E-state index in [9.17, 15) is 0 Å². The van der Waals surface area contributed by atoms with Gasteiger partial charge < -0.3 is 14.8 Å². The Kier molecular flexibility index (Phi) is 5.63. The van der Waals surface area contributed by atoms with Gasteiger partial charge in [0.25, 0.3) is 0 Å². The molecule has 18 heavy (non-hydrogen) atoms. The van der Waals surface area contributed by atoms with Crippen molar-refractivity contribution >= 4 is 0 Å². The monoisotopic (exact) mass is 251 g/mol. The first-order valence-corrected chi connectivity index (χ1v) is 6.44. The van der Waals surface area contributed by atoms with Gasteiger partial charge in [-0.25, -0.2) is 0 Å². The van der Waals surface area contributed by atoms with Gasteiger partial charge in [0.2, 0.25) is 0 Å². The van der Waals surface area contributed by atoms with Gasteiger partial charge in [-0.2, -0.15) is 0 Å². The van der Waals surface area contributed by atoms with E-state index in [4.69, 9.17) is 9.47 Å². The Morgan fingerprint density at radius 1 is 1.28 bits per heavy atom. The van der Waals surface area contributed by atoms with Gasteiger partial charge in [0.05, 0.1) is 12.2 Å². The van der Waals surface area contributed by atoms with Crippen LogP contribution in [0.1, 0.15) is 38.8 Å². The molecule has 102 valence electrons. The molecule has 0 aliphatic carbocycles. The van der Waals surface area contributed by atoms with Crippen LogP contribution in [-0.2, 0) is 4.74 Å². The normalized spacial score (nSPS) is 13.4. The Bertz CT molecular complexity index is 363. The Hall–Kier alpha value is -1.06. The maximum Gasteiger partial charge on any atom is 0.124 e. The molecule has 1 N–H and O–H groups in total. The van der Waals surface area contributed by atoms with Crippen LogP contribution in [0.25, 0.3) is 0 Å². The first-order valence-electron chi connectivity index (χ1n) is 6.44. The number of nitrogens with one attached hydrogen (secondary N) is 1. The van der Waals surface area contributed by atoms with Crippen LogP contribution >= 0.6 is 0 Å². The molecule has 0 aliphatic heterocycles. The molecule has 0 amide bonds. The van der Waals surface area contributed by atoms with E-state index < -0.39 is 0 Å². The van der Waals surface area contributed by atoms with Crippen molar-refractivity contribution in [3.05, 3.63) is 29.8 Å². The summed E-state index contributed by atoms with van der Waals surface area (Å²) in [6.07, 6.45) is 0.867. The lowest BCUT2D eigenvalue weighted by molar-refractivity contribution is 0.00535. The molecule has 3 nitrogen and oxygen atoms in total. The summed E-state index contributed by atoms with van der Waals surface area (Å²) in [5.74, 6) is 0.950. The van der Waals surface area contributed by atoms with E-state index in [0.29, 0.717) is 6.61 Å². The lowest BCUT2D eigenvalue weighted by Crippen LogP contribution is -2.25. The Balaban J connectivity index is 2.62. The van der Waals surface area contributed by atoms with Crippen LogP contribution in [0.5, 0.6) is 5.75 Å². The first-order chi connectivity index (χ1) is 8.50. The maximum atomic E-state index is 5.88. The van der Waals surface area contributed by atoms with Crippen LogP contribution in [-0.4, -0.2) is 26.4 Å². The highest BCUT2D eigenvalue weighted by atomic mass is 16.5. The minimum absolute atomic E-state index is 0.135. The Morgan fingerprint density at radius 2 is 1.94 bits per heavy atom. The fraction of sp³-hybridized carbons (Fsp3) is 0.600. The minimum Gasteiger partial charge on any atom is -0.493 e. The van der Waals surface area contributed by atoms with E-state index in [-0.39, 0.29) is 11.6 Å². The van der Waals surface area contributed by atoms with Gasteiger partial charge in [0, 0.05) is 25.1 Å². The summed E-state index contributed by atoms with van der Waals surface area (Å²) in [4.78, 5) is 0. The van der Waals surface area contributed by atoms with E-state index in [2.05, 4.69) is 32.2 Å². The SMILES string of the molecule is CNC(C)c1ccccc1OCCC(C)(C)OC. The molecular formula is C15H25NO2. The Morgan fingerprint density at radius 3 is 2.56 bits per heavy atom. The second kappa shape index (κ2) is 6.76. The van der Waals surface area contributed by atoms with Crippen molar-refractivity contribution in [2.75, 3.05) is 20.8 Å². The molecule has 1 rings (SSSR count). The van der Waals surface area contributed by atoms with Crippen molar-refractivity contribution in [2.45, 2.75) is 38.8 Å². The number of rotatable bonds is 7. The summed E-state index contributed by atoms with van der Waals surface area (Å²) < 4.78 is 11.3. The molecule has 0 saturated heterocycles. The summed E-state index contributed by atoms with van der Waals surface area (Å²) in [7, 11) is 3.69. The molecule has 3 heteroatoms. The molecule has 0 radical (unpaired) electrons. The number of para-hydroxylation sites is 1. The molecule has 0 saturated carbocycles. The van der Waals surface area contributed by atoms with E-state index in [0.717, 1.165) is 12.2 Å². The molecule has 1 atom stereocenters. The molecule has 1 aromatic rings. The van der Waals surface area contributed by atoms with Crippen LogP contribution in [0.3, 0.4) is 0 Å². The second-order valence-corrected chi connectivity index (χ2v) is 5.11. The number of methoxy groups -OCH3 is 1. The smallest absolute Gasteiger partial charge is 0.124 e. The van der Waals surface area contributed by atoms with Crippen LogP contribution in [0.4, 0.5) is 0 Å². The molecule has 1 unspecified atom stereocenters. The van der Waals surface area contributed by atoms with Crippen molar-refractivity contribution in [1.29, 1.82) is 0 Å². The lowest BCUT2D eigenvalue weighted by Gasteiger charge is -2.23. The quantitative estimate of drug-likeness (QED) is 0.807. The van der Waals surface area contributed by atoms with E-state index >= 15 is 0 Å². The van der Waals surface area contributed by atoms with Gasteiger partial charge in [-0.3, -0.25) is 0 Å². The Labute approximate surface area is 110 Å². The summed E-state index contributed by atoms with van der Waals surface area (Å²) in [5, 5.41) is 3.23. The van der Waals surface area contributed by atoms with Gasteiger partial charge in [-0.15, -0.1) is 0 Å². The predicted molar refractivity (Wildman–Crippen MR) is 75.1 cm³/mol. The van der Waals surface area contributed by atoms with Crippen LogP contribution in [0.2, 0.25) is 0 Å². The molecule has 0 bridgehead atoms. The summed E-state index contributed by atoms with van der Waals surface area (Å²) >= 11 is 0. The standard InChI is InChI=1S/C15H25NO2/c1-12(16-4)13-8-6-7-9-14(13)18-11-10-15(2,3)17-5/h6-9,12,16H,10-11H2,1-5H3. The van der Waals surface area contributed by atoms with Crippen molar-refractivity contribution in [1.82, 2.24) is 5.32 Å². The van der Waals surface area contributed by atoms with Gasteiger partial charge in [0.1, 0.15) is 5.75 Å². The first kappa shape index (κ1) is 15.0. The lowest BCUT2D eigenvalue weighted by atomic mass is 10.1. The second-order valence-electron chi connectivity index (χ2n) is 5.11. The van der Waals surface area contributed by atoms with E-state index in [1.807, 2.05) is 25.2 Å². The molecule has 1 aromatic carbocycles. The largest absolute Gasteiger partial charge is 0.493 e.